The third-order valence-corrected chi connectivity index (χ3v) is 5.12. The Bertz CT molecular complexity index is 974. The first kappa shape index (κ1) is 17.2. The number of hydrogen-bond donors (Lipinski definition) is 1. The van der Waals surface area contributed by atoms with E-state index in [1.54, 1.807) is 11.0 Å². The molecular formula is C20H21N5O2. The van der Waals surface area contributed by atoms with Crippen LogP contribution >= 0.6 is 0 Å². The number of benzene rings is 2. The summed E-state index contributed by atoms with van der Waals surface area (Å²) in [5.74, 6) is -0.453. The summed E-state index contributed by atoms with van der Waals surface area (Å²) in [5, 5.41) is 8.44. The summed E-state index contributed by atoms with van der Waals surface area (Å²) >= 11 is 0. The molecule has 2 heterocycles. The first-order valence-corrected chi connectivity index (χ1v) is 9.07. The summed E-state index contributed by atoms with van der Waals surface area (Å²) in [6.45, 7) is 1.72. The molecule has 2 N–H and O–H groups in total. The first-order chi connectivity index (χ1) is 13.1. The van der Waals surface area contributed by atoms with Crippen LogP contribution in [0.3, 0.4) is 0 Å². The van der Waals surface area contributed by atoms with Crippen LogP contribution in [0.4, 0.5) is 0 Å². The maximum absolute atomic E-state index is 12.8. The Morgan fingerprint density at radius 2 is 1.81 bits per heavy atom. The van der Waals surface area contributed by atoms with Crippen LogP contribution < -0.4 is 5.73 Å². The van der Waals surface area contributed by atoms with Crippen molar-refractivity contribution >= 4 is 22.8 Å². The Morgan fingerprint density at radius 3 is 2.52 bits per heavy atom. The van der Waals surface area contributed by atoms with Gasteiger partial charge in [-0.1, -0.05) is 35.5 Å². The number of primary amides is 1. The summed E-state index contributed by atoms with van der Waals surface area (Å²) in [6, 6.07) is 15.5. The summed E-state index contributed by atoms with van der Waals surface area (Å²) in [5.41, 5.74) is 8.68. The molecule has 0 aliphatic carbocycles. The van der Waals surface area contributed by atoms with Gasteiger partial charge < -0.3 is 10.6 Å². The molecule has 138 valence electrons. The van der Waals surface area contributed by atoms with Gasteiger partial charge in [-0.2, -0.15) is 0 Å². The maximum Gasteiger partial charge on any atom is 0.253 e. The lowest BCUT2D eigenvalue weighted by atomic mass is 9.96. The number of nitrogens with zero attached hydrogens (tertiary/aromatic N) is 4. The third kappa shape index (κ3) is 3.53. The molecule has 0 saturated carbocycles. The fraction of sp³-hybridized carbons (Fsp3) is 0.300. The van der Waals surface area contributed by atoms with E-state index in [0.29, 0.717) is 43.6 Å². The molecule has 1 saturated heterocycles. The molecule has 27 heavy (non-hydrogen) atoms. The lowest BCUT2D eigenvalue weighted by Gasteiger charge is -2.30. The molecule has 2 aromatic carbocycles. The molecule has 0 unspecified atom stereocenters. The normalized spacial score (nSPS) is 15.2. The Morgan fingerprint density at radius 1 is 1.07 bits per heavy atom. The van der Waals surface area contributed by atoms with Crippen molar-refractivity contribution < 1.29 is 9.59 Å². The van der Waals surface area contributed by atoms with Crippen LogP contribution in [0.5, 0.6) is 0 Å². The van der Waals surface area contributed by atoms with Crippen molar-refractivity contribution in [3.63, 3.8) is 0 Å². The number of likely N-dealkylation sites (tertiary alicyclic amines) is 1. The molecule has 4 rings (SSSR count). The number of rotatable bonds is 4. The molecule has 0 atom stereocenters. The zero-order chi connectivity index (χ0) is 18.8. The molecule has 2 amide bonds. The monoisotopic (exact) mass is 363 g/mol. The van der Waals surface area contributed by atoms with Crippen molar-refractivity contribution in [3.8, 4) is 0 Å². The van der Waals surface area contributed by atoms with E-state index in [2.05, 4.69) is 10.3 Å². The second-order valence-electron chi connectivity index (χ2n) is 6.91. The van der Waals surface area contributed by atoms with Gasteiger partial charge in [-0.05, 0) is 36.6 Å². The standard InChI is InChI=1S/C20H21N5O2/c21-19(26)15-8-10-24(11-9-15)20(27)16-6-7-18-17(12-16)22-23-25(18)13-14-4-2-1-3-5-14/h1-7,12,15H,8-11,13H2,(H2,21,26). The number of fused-ring (bicyclic) bond motifs is 1. The topological polar surface area (TPSA) is 94.1 Å². The molecule has 1 aliphatic heterocycles. The van der Waals surface area contributed by atoms with E-state index in [-0.39, 0.29) is 17.7 Å². The van der Waals surface area contributed by atoms with E-state index in [1.165, 1.54) is 0 Å². The fourth-order valence-electron chi connectivity index (χ4n) is 3.53. The average Bonchev–Trinajstić information content (AvgIpc) is 3.10. The van der Waals surface area contributed by atoms with Gasteiger partial charge in [0.15, 0.2) is 0 Å². The Balaban J connectivity index is 1.51. The van der Waals surface area contributed by atoms with Gasteiger partial charge in [0.25, 0.3) is 5.91 Å². The van der Waals surface area contributed by atoms with E-state index in [0.717, 1.165) is 11.1 Å². The zero-order valence-corrected chi connectivity index (χ0v) is 14.9. The van der Waals surface area contributed by atoms with Gasteiger partial charge in [-0.25, -0.2) is 4.68 Å². The number of carbonyl (C=O) groups is 2. The summed E-state index contributed by atoms with van der Waals surface area (Å²) in [7, 11) is 0. The van der Waals surface area contributed by atoms with E-state index < -0.39 is 0 Å². The second kappa shape index (κ2) is 7.19. The SMILES string of the molecule is NC(=O)C1CCN(C(=O)c2ccc3c(c2)nnn3Cc2ccccc2)CC1. The maximum atomic E-state index is 12.8. The van der Waals surface area contributed by atoms with Gasteiger partial charge >= 0.3 is 0 Å². The van der Waals surface area contributed by atoms with E-state index in [9.17, 15) is 9.59 Å². The molecule has 1 aliphatic rings. The van der Waals surface area contributed by atoms with E-state index in [4.69, 9.17) is 5.73 Å². The molecule has 1 aromatic heterocycles. The molecule has 1 fully saturated rings. The molecule has 0 radical (unpaired) electrons. The minimum Gasteiger partial charge on any atom is -0.369 e. The molecule has 0 bridgehead atoms. The van der Waals surface area contributed by atoms with Crippen molar-refractivity contribution in [2.75, 3.05) is 13.1 Å². The van der Waals surface area contributed by atoms with Crippen LogP contribution in [0.25, 0.3) is 11.0 Å². The van der Waals surface area contributed by atoms with Crippen molar-refractivity contribution in [1.29, 1.82) is 0 Å². The zero-order valence-electron chi connectivity index (χ0n) is 14.9. The Labute approximate surface area is 156 Å². The highest BCUT2D eigenvalue weighted by atomic mass is 16.2. The van der Waals surface area contributed by atoms with E-state index >= 15 is 0 Å². The highest BCUT2D eigenvalue weighted by molar-refractivity contribution is 5.97. The van der Waals surface area contributed by atoms with Gasteiger partial charge in [0.2, 0.25) is 5.91 Å². The molecule has 3 aromatic rings. The molecular weight excluding hydrogens is 342 g/mol. The second-order valence-corrected chi connectivity index (χ2v) is 6.91. The molecule has 7 heteroatoms. The van der Waals surface area contributed by atoms with Gasteiger partial charge in [0.05, 0.1) is 12.1 Å². The smallest absolute Gasteiger partial charge is 0.253 e. The summed E-state index contributed by atoms with van der Waals surface area (Å²) in [6.07, 6.45) is 1.24. The van der Waals surface area contributed by atoms with Crippen molar-refractivity contribution in [2.24, 2.45) is 11.7 Å². The number of piperidine rings is 1. The van der Waals surface area contributed by atoms with Crippen LogP contribution in [0, 0.1) is 5.92 Å². The van der Waals surface area contributed by atoms with Crippen molar-refractivity contribution in [3.05, 3.63) is 59.7 Å². The minimum absolute atomic E-state index is 0.0440. The average molecular weight is 363 g/mol. The molecule has 7 nitrogen and oxygen atoms in total. The van der Waals surface area contributed by atoms with Crippen LogP contribution in [0.15, 0.2) is 48.5 Å². The highest BCUT2D eigenvalue weighted by Crippen LogP contribution is 2.21. The van der Waals surface area contributed by atoms with Crippen LogP contribution in [0.2, 0.25) is 0 Å². The van der Waals surface area contributed by atoms with Gasteiger partial charge in [-0.3, -0.25) is 9.59 Å². The largest absolute Gasteiger partial charge is 0.369 e. The van der Waals surface area contributed by atoms with Crippen LogP contribution in [0.1, 0.15) is 28.8 Å². The summed E-state index contributed by atoms with van der Waals surface area (Å²) < 4.78 is 1.83. The Kier molecular flexibility index (Phi) is 4.58. The summed E-state index contributed by atoms with van der Waals surface area (Å²) in [4.78, 5) is 25.8. The molecule has 0 spiro atoms. The fourth-order valence-corrected chi connectivity index (χ4v) is 3.53. The predicted molar refractivity (Wildman–Crippen MR) is 101 cm³/mol. The van der Waals surface area contributed by atoms with Crippen molar-refractivity contribution in [1.82, 2.24) is 19.9 Å². The number of hydrogen-bond acceptors (Lipinski definition) is 4. The first-order valence-electron chi connectivity index (χ1n) is 9.07. The van der Waals surface area contributed by atoms with Gasteiger partial charge in [0, 0.05) is 24.6 Å². The number of nitrogens with two attached hydrogens (primary N) is 1. The Hall–Kier alpha value is -3.22. The predicted octanol–water partition coefficient (Wildman–Crippen LogP) is 1.82. The minimum atomic E-state index is -0.279. The van der Waals surface area contributed by atoms with Gasteiger partial charge in [0.1, 0.15) is 5.52 Å². The van der Waals surface area contributed by atoms with Crippen molar-refractivity contribution in [2.45, 2.75) is 19.4 Å². The lowest BCUT2D eigenvalue weighted by molar-refractivity contribution is -0.123. The lowest BCUT2D eigenvalue weighted by Crippen LogP contribution is -2.41. The van der Waals surface area contributed by atoms with Crippen LogP contribution in [-0.4, -0.2) is 44.8 Å². The number of carbonyl (C=O) groups excluding carboxylic acids is 2. The number of aromatic nitrogens is 3. The number of amides is 2. The van der Waals surface area contributed by atoms with Crippen LogP contribution in [-0.2, 0) is 11.3 Å². The quantitative estimate of drug-likeness (QED) is 0.765. The van der Waals surface area contributed by atoms with Gasteiger partial charge in [-0.15, -0.1) is 5.10 Å². The third-order valence-electron chi connectivity index (χ3n) is 5.12. The van der Waals surface area contributed by atoms with E-state index in [1.807, 2.05) is 47.1 Å². The highest BCUT2D eigenvalue weighted by Gasteiger charge is 2.26.